The maximum atomic E-state index is 11.9. The second-order valence-corrected chi connectivity index (χ2v) is 5.70. The Labute approximate surface area is 131 Å². The summed E-state index contributed by atoms with van der Waals surface area (Å²) in [5, 5.41) is 18.1. The molecule has 0 bridgehead atoms. The van der Waals surface area contributed by atoms with Gasteiger partial charge in [0.15, 0.2) is 0 Å². The number of unbranched alkanes of at least 4 members (excludes halogenated alkanes) is 1. The van der Waals surface area contributed by atoms with Gasteiger partial charge in [-0.15, -0.1) is 0 Å². The molecule has 0 aliphatic heterocycles. The van der Waals surface area contributed by atoms with Crippen LogP contribution in [-0.2, 0) is 19.1 Å². The quantitative estimate of drug-likeness (QED) is 0.449. The summed E-state index contributed by atoms with van der Waals surface area (Å²) >= 11 is 0. The van der Waals surface area contributed by atoms with E-state index in [-0.39, 0.29) is 12.5 Å². The molecule has 0 amide bonds. The molecule has 0 saturated carbocycles. The molecular formula is C16H26O6. The number of carbonyl (C=O) groups is 3. The monoisotopic (exact) mass is 314 g/mol. The minimum Gasteiger partial charge on any atom is -0.481 e. The molecule has 2 atom stereocenters. The van der Waals surface area contributed by atoms with E-state index in [1.54, 1.807) is 0 Å². The summed E-state index contributed by atoms with van der Waals surface area (Å²) in [4.78, 5) is 34.1. The number of rotatable bonds is 11. The highest BCUT2D eigenvalue weighted by molar-refractivity contribution is 5.97. The van der Waals surface area contributed by atoms with E-state index < -0.39 is 35.3 Å². The fourth-order valence-electron chi connectivity index (χ4n) is 2.00. The minimum absolute atomic E-state index is 0.227. The Morgan fingerprint density at radius 1 is 1.23 bits per heavy atom. The van der Waals surface area contributed by atoms with Gasteiger partial charge in [0.25, 0.3) is 0 Å². The van der Waals surface area contributed by atoms with E-state index in [0.29, 0.717) is 0 Å². The van der Waals surface area contributed by atoms with E-state index in [1.165, 1.54) is 6.92 Å². The molecular weight excluding hydrogens is 288 g/mol. The fourth-order valence-corrected chi connectivity index (χ4v) is 2.00. The van der Waals surface area contributed by atoms with Crippen molar-refractivity contribution in [2.75, 3.05) is 6.61 Å². The SMILES string of the molecule is C=C(C(=O)O)C(C)(CC(=O)OCC(CC)CCCC)C(=O)O. The van der Waals surface area contributed by atoms with E-state index in [9.17, 15) is 19.5 Å². The lowest BCUT2D eigenvalue weighted by molar-refractivity contribution is -0.157. The van der Waals surface area contributed by atoms with Gasteiger partial charge in [0.2, 0.25) is 0 Å². The second-order valence-electron chi connectivity index (χ2n) is 5.70. The Kier molecular flexibility index (Phi) is 8.45. The lowest BCUT2D eigenvalue weighted by atomic mass is 9.80. The number of carboxylic acid groups (broad SMARTS) is 2. The molecule has 0 fully saturated rings. The number of esters is 1. The lowest BCUT2D eigenvalue weighted by Crippen LogP contribution is -2.36. The average Bonchev–Trinajstić information content (AvgIpc) is 2.46. The Morgan fingerprint density at radius 2 is 1.82 bits per heavy atom. The summed E-state index contributed by atoms with van der Waals surface area (Å²) in [6, 6.07) is 0. The Morgan fingerprint density at radius 3 is 2.23 bits per heavy atom. The molecule has 0 rings (SSSR count). The van der Waals surface area contributed by atoms with Gasteiger partial charge in [-0.2, -0.15) is 0 Å². The first-order valence-corrected chi connectivity index (χ1v) is 7.50. The third kappa shape index (κ3) is 5.87. The predicted octanol–water partition coefficient (Wildman–Crippen LogP) is 2.87. The van der Waals surface area contributed by atoms with Gasteiger partial charge in [-0.1, -0.05) is 39.7 Å². The molecule has 0 aromatic carbocycles. The van der Waals surface area contributed by atoms with E-state index in [2.05, 4.69) is 13.5 Å². The van der Waals surface area contributed by atoms with Gasteiger partial charge >= 0.3 is 17.9 Å². The normalized spacial score (nSPS) is 14.7. The topological polar surface area (TPSA) is 101 Å². The Bertz CT molecular complexity index is 428. The highest BCUT2D eigenvalue weighted by Gasteiger charge is 2.42. The van der Waals surface area contributed by atoms with Crippen molar-refractivity contribution in [1.82, 2.24) is 0 Å². The molecule has 0 saturated heterocycles. The van der Waals surface area contributed by atoms with Gasteiger partial charge in [0, 0.05) is 5.57 Å². The van der Waals surface area contributed by atoms with Crippen molar-refractivity contribution in [2.24, 2.45) is 11.3 Å². The van der Waals surface area contributed by atoms with Gasteiger partial charge in [-0.25, -0.2) is 4.79 Å². The van der Waals surface area contributed by atoms with Crippen LogP contribution in [-0.4, -0.2) is 34.7 Å². The van der Waals surface area contributed by atoms with Crippen LogP contribution in [0.3, 0.4) is 0 Å². The molecule has 0 heterocycles. The third-order valence-electron chi connectivity index (χ3n) is 3.92. The fraction of sp³-hybridized carbons (Fsp3) is 0.688. The molecule has 0 radical (unpaired) electrons. The summed E-state index contributed by atoms with van der Waals surface area (Å²) in [6.45, 7) is 8.74. The van der Waals surface area contributed by atoms with Crippen LogP contribution < -0.4 is 0 Å². The minimum atomic E-state index is -1.87. The molecule has 0 aliphatic rings. The molecule has 0 aliphatic carbocycles. The highest BCUT2D eigenvalue weighted by atomic mass is 16.5. The van der Waals surface area contributed by atoms with Gasteiger partial charge in [-0.3, -0.25) is 9.59 Å². The predicted molar refractivity (Wildman–Crippen MR) is 81.4 cm³/mol. The first kappa shape index (κ1) is 20.1. The van der Waals surface area contributed by atoms with Gasteiger partial charge < -0.3 is 14.9 Å². The van der Waals surface area contributed by atoms with Crippen molar-refractivity contribution in [1.29, 1.82) is 0 Å². The smallest absolute Gasteiger partial charge is 0.332 e. The Hall–Kier alpha value is -1.85. The third-order valence-corrected chi connectivity index (χ3v) is 3.92. The number of aliphatic carboxylic acids is 2. The van der Waals surface area contributed by atoms with Crippen LogP contribution in [0, 0.1) is 11.3 Å². The molecule has 2 unspecified atom stereocenters. The van der Waals surface area contributed by atoms with Crippen LogP contribution in [0.1, 0.15) is 52.9 Å². The van der Waals surface area contributed by atoms with Crippen LogP contribution in [0.15, 0.2) is 12.2 Å². The van der Waals surface area contributed by atoms with E-state index >= 15 is 0 Å². The summed E-state index contributed by atoms with van der Waals surface area (Å²) in [5.41, 5.74) is -2.40. The summed E-state index contributed by atoms with van der Waals surface area (Å²) in [7, 11) is 0. The number of ether oxygens (including phenoxy) is 1. The van der Waals surface area contributed by atoms with E-state index in [4.69, 9.17) is 9.84 Å². The van der Waals surface area contributed by atoms with E-state index in [0.717, 1.165) is 25.7 Å². The van der Waals surface area contributed by atoms with E-state index in [1.807, 2.05) is 6.92 Å². The molecule has 0 spiro atoms. The van der Waals surface area contributed by atoms with Crippen LogP contribution in [0.2, 0.25) is 0 Å². The van der Waals surface area contributed by atoms with Crippen LogP contribution in [0.5, 0.6) is 0 Å². The number of carboxylic acids is 2. The van der Waals surface area contributed by atoms with Crippen molar-refractivity contribution in [3.05, 3.63) is 12.2 Å². The molecule has 2 N–H and O–H groups in total. The van der Waals surface area contributed by atoms with Gasteiger partial charge in [-0.05, 0) is 19.3 Å². The van der Waals surface area contributed by atoms with Gasteiger partial charge in [0.1, 0.15) is 5.41 Å². The zero-order valence-electron chi connectivity index (χ0n) is 13.6. The zero-order chi connectivity index (χ0) is 17.3. The molecule has 0 aromatic heterocycles. The Balaban J connectivity index is 4.69. The standard InChI is InChI=1S/C16H26O6/c1-5-7-8-12(6-2)10-22-13(17)9-16(4,15(20)21)11(3)14(18)19/h12H,3,5-10H2,1-2,4H3,(H,18,19)(H,20,21). The largest absolute Gasteiger partial charge is 0.481 e. The first-order valence-electron chi connectivity index (χ1n) is 7.50. The molecule has 0 aromatic rings. The highest BCUT2D eigenvalue weighted by Crippen LogP contribution is 2.31. The molecule has 6 heteroatoms. The van der Waals surface area contributed by atoms with Crippen molar-refractivity contribution in [3.63, 3.8) is 0 Å². The van der Waals surface area contributed by atoms with Crippen LogP contribution in [0.25, 0.3) is 0 Å². The second kappa shape index (κ2) is 9.23. The molecule has 6 nitrogen and oxygen atoms in total. The van der Waals surface area contributed by atoms with Crippen LogP contribution >= 0.6 is 0 Å². The van der Waals surface area contributed by atoms with Gasteiger partial charge in [0.05, 0.1) is 13.0 Å². The zero-order valence-corrected chi connectivity index (χ0v) is 13.6. The summed E-state index contributed by atoms with van der Waals surface area (Å²) in [5.74, 6) is -3.33. The van der Waals surface area contributed by atoms with Crippen molar-refractivity contribution in [2.45, 2.75) is 52.9 Å². The number of carbonyl (C=O) groups excluding carboxylic acids is 1. The van der Waals surface area contributed by atoms with Crippen molar-refractivity contribution in [3.8, 4) is 0 Å². The van der Waals surface area contributed by atoms with Crippen molar-refractivity contribution < 1.29 is 29.3 Å². The van der Waals surface area contributed by atoms with Crippen molar-refractivity contribution >= 4 is 17.9 Å². The molecule has 22 heavy (non-hydrogen) atoms. The maximum Gasteiger partial charge on any atom is 0.332 e. The first-order chi connectivity index (χ1) is 10.2. The summed E-state index contributed by atoms with van der Waals surface area (Å²) < 4.78 is 5.13. The number of hydrogen-bond acceptors (Lipinski definition) is 4. The number of hydrogen-bond donors (Lipinski definition) is 2. The van der Waals surface area contributed by atoms with Crippen LogP contribution in [0.4, 0.5) is 0 Å². The lowest BCUT2D eigenvalue weighted by Gasteiger charge is -2.24. The molecule has 126 valence electrons. The average molecular weight is 314 g/mol. The summed E-state index contributed by atoms with van der Waals surface area (Å²) in [6.07, 6.45) is 3.36. The maximum absolute atomic E-state index is 11.9.